The van der Waals surface area contributed by atoms with E-state index in [1.165, 1.54) is 19.3 Å². The van der Waals surface area contributed by atoms with Crippen LogP contribution in [0.5, 0.6) is 0 Å². The molecule has 0 saturated carbocycles. The van der Waals surface area contributed by atoms with Gasteiger partial charge >= 0.3 is 6.18 Å². The fourth-order valence-electron chi connectivity index (χ4n) is 3.22. The van der Waals surface area contributed by atoms with Crippen LogP contribution in [0.2, 0.25) is 0 Å². The van der Waals surface area contributed by atoms with Crippen molar-refractivity contribution >= 4 is 17.5 Å². The lowest BCUT2D eigenvalue weighted by Gasteiger charge is -2.37. The van der Waals surface area contributed by atoms with Gasteiger partial charge in [0.1, 0.15) is 34.8 Å². The van der Waals surface area contributed by atoms with Crippen molar-refractivity contribution in [2.24, 2.45) is 17.8 Å². The number of imidazole rings is 1. The lowest BCUT2D eigenvalue weighted by Crippen LogP contribution is -2.54. The SMILES string of the molecule is C[C@@H](c1ncc(F)cc1F)C1(N)N=C(Nc2cn(C)cn2)c2ccc(C(F)(F)F)nc2N1. The molecular formula is C19H17F5N8. The lowest BCUT2D eigenvalue weighted by atomic mass is 9.96. The molecule has 2 atom stereocenters. The van der Waals surface area contributed by atoms with E-state index in [9.17, 15) is 22.0 Å². The second-order valence-electron chi connectivity index (χ2n) is 7.29. The number of aryl methyl sites for hydroxylation is 1. The van der Waals surface area contributed by atoms with E-state index in [1.54, 1.807) is 17.8 Å². The van der Waals surface area contributed by atoms with Gasteiger partial charge in [-0.05, 0) is 12.1 Å². The molecule has 1 unspecified atom stereocenters. The molecular weight excluding hydrogens is 435 g/mol. The highest BCUT2D eigenvalue weighted by Gasteiger charge is 2.41. The topological polar surface area (TPSA) is 106 Å². The van der Waals surface area contributed by atoms with Gasteiger partial charge < -0.3 is 15.2 Å². The number of rotatable bonds is 3. The van der Waals surface area contributed by atoms with Crippen molar-refractivity contribution in [3.63, 3.8) is 0 Å². The van der Waals surface area contributed by atoms with Crippen LogP contribution >= 0.6 is 0 Å². The summed E-state index contributed by atoms with van der Waals surface area (Å²) < 4.78 is 69.0. The minimum absolute atomic E-state index is 0.0653. The second-order valence-corrected chi connectivity index (χ2v) is 7.29. The number of pyridine rings is 2. The second kappa shape index (κ2) is 7.51. The molecule has 4 rings (SSSR count). The van der Waals surface area contributed by atoms with Gasteiger partial charge in [-0.15, -0.1) is 0 Å². The van der Waals surface area contributed by atoms with Crippen LogP contribution in [-0.4, -0.2) is 31.1 Å². The third-order valence-corrected chi connectivity index (χ3v) is 4.91. The first-order valence-electron chi connectivity index (χ1n) is 9.28. The van der Waals surface area contributed by atoms with E-state index in [1.807, 2.05) is 0 Å². The molecule has 0 spiro atoms. The minimum Gasteiger partial charge on any atom is -0.338 e. The fourth-order valence-corrected chi connectivity index (χ4v) is 3.22. The van der Waals surface area contributed by atoms with Crippen molar-refractivity contribution in [3.8, 4) is 0 Å². The number of fused-ring (bicyclic) bond motifs is 1. The van der Waals surface area contributed by atoms with Crippen molar-refractivity contribution < 1.29 is 22.0 Å². The summed E-state index contributed by atoms with van der Waals surface area (Å²) in [6.45, 7) is 1.46. The van der Waals surface area contributed by atoms with E-state index in [0.717, 1.165) is 12.3 Å². The standard InChI is InChI=1S/C19H17F5N8/c1-9(15-12(21)5-10(20)6-26-15)19(25)30-16-11(3-4-13(28-16)18(22,23)24)17(31-19)29-14-7-32(2)8-27-14/h3-9H,25H2,1-2H3,(H,28,30)(H,29,31)/t9-,19?/m0/s1. The molecule has 0 saturated heterocycles. The maximum Gasteiger partial charge on any atom is 0.433 e. The highest BCUT2D eigenvalue weighted by Crippen LogP contribution is 2.36. The Morgan fingerprint density at radius 3 is 2.59 bits per heavy atom. The van der Waals surface area contributed by atoms with Gasteiger partial charge in [-0.1, -0.05) is 6.92 Å². The first-order valence-corrected chi connectivity index (χ1v) is 9.28. The highest BCUT2D eigenvalue weighted by atomic mass is 19.4. The molecule has 8 nitrogen and oxygen atoms in total. The summed E-state index contributed by atoms with van der Waals surface area (Å²) in [5, 5.41) is 5.56. The number of amidine groups is 1. The number of alkyl halides is 3. The van der Waals surface area contributed by atoms with E-state index in [2.05, 4.69) is 30.6 Å². The van der Waals surface area contributed by atoms with Crippen molar-refractivity contribution in [2.75, 3.05) is 10.6 Å². The molecule has 0 fully saturated rings. The van der Waals surface area contributed by atoms with Crippen LogP contribution in [0.1, 0.15) is 29.8 Å². The lowest BCUT2D eigenvalue weighted by molar-refractivity contribution is -0.141. The number of nitrogens with one attached hydrogen (secondary N) is 2. The number of halogens is 5. The zero-order chi connectivity index (χ0) is 23.3. The molecule has 0 bridgehead atoms. The first kappa shape index (κ1) is 21.6. The quantitative estimate of drug-likeness (QED) is 0.527. The summed E-state index contributed by atoms with van der Waals surface area (Å²) in [7, 11) is 1.73. The fraction of sp³-hybridized carbons (Fsp3) is 0.263. The van der Waals surface area contributed by atoms with Gasteiger partial charge in [0, 0.05) is 19.3 Å². The van der Waals surface area contributed by atoms with Crippen LogP contribution in [0.15, 0.2) is 41.9 Å². The molecule has 168 valence electrons. The van der Waals surface area contributed by atoms with Crippen LogP contribution in [0, 0.1) is 11.6 Å². The van der Waals surface area contributed by atoms with Gasteiger partial charge in [0.15, 0.2) is 5.79 Å². The van der Waals surface area contributed by atoms with Crippen molar-refractivity contribution in [1.29, 1.82) is 0 Å². The number of hydrogen-bond donors (Lipinski definition) is 3. The Morgan fingerprint density at radius 1 is 1.22 bits per heavy atom. The number of aliphatic imine (C=N–C) groups is 1. The highest BCUT2D eigenvalue weighted by molar-refractivity contribution is 6.12. The van der Waals surface area contributed by atoms with Crippen LogP contribution in [0.3, 0.4) is 0 Å². The summed E-state index contributed by atoms with van der Waals surface area (Å²) in [6, 6.07) is 2.63. The van der Waals surface area contributed by atoms with E-state index in [4.69, 9.17) is 5.73 Å². The molecule has 3 aromatic rings. The predicted octanol–water partition coefficient (Wildman–Crippen LogP) is 3.21. The van der Waals surface area contributed by atoms with Crippen molar-refractivity contribution in [1.82, 2.24) is 19.5 Å². The Balaban J connectivity index is 1.82. The van der Waals surface area contributed by atoms with Gasteiger partial charge in [-0.25, -0.2) is 23.7 Å². The zero-order valence-corrected chi connectivity index (χ0v) is 16.7. The van der Waals surface area contributed by atoms with E-state index in [-0.39, 0.29) is 22.9 Å². The van der Waals surface area contributed by atoms with E-state index < -0.39 is 35.2 Å². The molecule has 4 heterocycles. The Hall–Kier alpha value is -3.61. The number of nitrogens with two attached hydrogens (primary N) is 1. The number of anilines is 2. The van der Waals surface area contributed by atoms with Crippen molar-refractivity contribution in [2.45, 2.75) is 24.8 Å². The Bertz CT molecular complexity index is 1200. The third-order valence-electron chi connectivity index (χ3n) is 4.91. The average molecular weight is 452 g/mol. The zero-order valence-electron chi connectivity index (χ0n) is 16.7. The summed E-state index contributed by atoms with van der Waals surface area (Å²) in [5.74, 6) is -4.56. The molecule has 32 heavy (non-hydrogen) atoms. The summed E-state index contributed by atoms with van der Waals surface area (Å²) in [5.41, 5.74) is 5.20. The third kappa shape index (κ3) is 3.98. The van der Waals surface area contributed by atoms with Gasteiger partial charge in [0.2, 0.25) is 0 Å². The number of aromatic nitrogens is 4. The van der Waals surface area contributed by atoms with Gasteiger partial charge in [0.05, 0.1) is 29.7 Å². The molecule has 0 aromatic carbocycles. The largest absolute Gasteiger partial charge is 0.433 e. The summed E-state index contributed by atoms with van der Waals surface area (Å²) in [4.78, 5) is 15.9. The minimum atomic E-state index is -4.70. The Labute approximate surface area is 178 Å². The van der Waals surface area contributed by atoms with Crippen LogP contribution < -0.4 is 16.4 Å². The number of nitrogens with zero attached hydrogens (tertiary/aromatic N) is 5. The van der Waals surface area contributed by atoms with Crippen LogP contribution in [0.25, 0.3) is 0 Å². The Kier molecular flexibility index (Phi) is 5.07. The van der Waals surface area contributed by atoms with Gasteiger partial charge in [-0.2, -0.15) is 13.2 Å². The molecule has 3 aromatic heterocycles. The molecule has 0 radical (unpaired) electrons. The Morgan fingerprint density at radius 2 is 1.97 bits per heavy atom. The molecule has 1 aliphatic heterocycles. The monoisotopic (exact) mass is 452 g/mol. The van der Waals surface area contributed by atoms with Gasteiger partial charge in [0.25, 0.3) is 0 Å². The molecule has 0 aliphatic carbocycles. The smallest absolute Gasteiger partial charge is 0.338 e. The summed E-state index contributed by atoms with van der Waals surface area (Å²) >= 11 is 0. The molecule has 13 heteroatoms. The summed E-state index contributed by atoms with van der Waals surface area (Å²) in [6.07, 6.45) is -0.768. The van der Waals surface area contributed by atoms with Crippen LogP contribution in [0.4, 0.5) is 33.6 Å². The number of hydrogen-bond acceptors (Lipinski definition) is 7. The van der Waals surface area contributed by atoms with Gasteiger partial charge in [-0.3, -0.25) is 10.7 Å². The first-order chi connectivity index (χ1) is 15.0. The van der Waals surface area contributed by atoms with E-state index >= 15 is 0 Å². The maximum atomic E-state index is 14.4. The van der Waals surface area contributed by atoms with Crippen molar-refractivity contribution in [3.05, 3.63) is 65.5 Å². The predicted molar refractivity (Wildman–Crippen MR) is 106 cm³/mol. The molecule has 0 amide bonds. The van der Waals surface area contributed by atoms with Crippen LogP contribution in [-0.2, 0) is 13.2 Å². The molecule has 4 N–H and O–H groups in total. The maximum absolute atomic E-state index is 14.4. The normalized spacial score (nSPS) is 19.1. The molecule has 1 aliphatic rings. The average Bonchev–Trinajstić information content (AvgIpc) is 3.11. The van der Waals surface area contributed by atoms with E-state index in [0.29, 0.717) is 11.9 Å².